The minimum atomic E-state index is -0.421. The van der Waals surface area contributed by atoms with E-state index in [1.54, 1.807) is 6.07 Å². The van der Waals surface area contributed by atoms with Gasteiger partial charge in [0.1, 0.15) is 11.6 Å². The lowest BCUT2D eigenvalue weighted by Gasteiger charge is -2.25. The van der Waals surface area contributed by atoms with Crippen molar-refractivity contribution in [3.63, 3.8) is 0 Å². The molecule has 4 heteroatoms. The smallest absolute Gasteiger partial charge is 0.126 e. The molecule has 1 fully saturated rings. The van der Waals surface area contributed by atoms with E-state index in [0.717, 1.165) is 25.5 Å². The molecule has 0 bridgehead atoms. The Morgan fingerprint density at radius 3 is 2.83 bits per heavy atom. The average Bonchev–Trinajstić information content (AvgIpc) is 2.81. The van der Waals surface area contributed by atoms with E-state index in [9.17, 15) is 9.50 Å². The van der Waals surface area contributed by atoms with Gasteiger partial charge in [-0.15, -0.1) is 0 Å². The highest BCUT2D eigenvalue weighted by molar-refractivity contribution is 5.34. The molecule has 1 aliphatic heterocycles. The van der Waals surface area contributed by atoms with Gasteiger partial charge in [-0.25, -0.2) is 4.39 Å². The third-order valence-corrected chi connectivity index (χ3v) is 3.49. The Bertz CT molecular complexity index is 405. The van der Waals surface area contributed by atoms with Crippen LogP contribution in [0.25, 0.3) is 0 Å². The molecule has 100 valence electrons. The second-order valence-electron chi connectivity index (χ2n) is 4.93. The molecule has 0 amide bonds. The Morgan fingerprint density at radius 1 is 1.44 bits per heavy atom. The number of rotatable bonds is 4. The van der Waals surface area contributed by atoms with E-state index in [4.69, 9.17) is 4.74 Å². The fraction of sp³-hybridized carbons (Fsp3) is 0.571. The normalized spacial score (nSPS) is 22.9. The van der Waals surface area contributed by atoms with Crippen LogP contribution in [0.1, 0.15) is 38.3 Å². The van der Waals surface area contributed by atoms with Gasteiger partial charge in [0.2, 0.25) is 0 Å². The number of benzene rings is 1. The zero-order valence-electron chi connectivity index (χ0n) is 10.8. The van der Waals surface area contributed by atoms with E-state index in [-0.39, 0.29) is 23.9 Å². The zero-order valence-corrected chi connectivity index (χ0v) is 10.8. The molecule has 3 nitrogen and oxygen atoms in total. The van der Waals surface area contributed by atoms with Gasteiger partial charge in [-0.3, -0.25) is 0 Å². The van der Waals surface area contributed by atoms with Gasteiger partial charge in [0.25, 0.3) is 0 Å². The summed E-state index contributed by atoms with van der Waals surface area (Å²) in [5.74, 6) is -0.426. The van der Waals surface area contributed by atoms with E-state index < -0.39 is 5.82 Å². The molecule has 0 aromatic heterocycles. The maximum absolute atomic E-state index is 12.9. The molecule has 0 spiro atoms. The van der Waals surface area contributed by atoms with Crippen molar-refractivity contribution in [2.75, 3.05) is 6.61 Å². The van der Waals surface area contributed by atoms with Gasteiger partial charge in [0.15, 0.2) is 0 Å². The van der Waals surface area contributed by atoms with Gasteiger partial charge >= 0.3 is 0 Å². The van der Waals surface area contributed by atoms with E-state index in [0.29, 0.717) is 5.56 Å². The van der Waals surface area contributed by atoms with E-state index in [1.807, 2.05) is 6.92 Å². The molecule has 2 N–H and O–H groups in total. The van der Waals surface area contributed by atoms with Crippen LogP contribution in [0.3, 0.4) is 0 Å². The molecule has 1 aromatic carbocycles. The largest absolute Gasteiger partial charge is 0.508 e. The van der Waals surface area contributed by atoms with Crippen LogP contribution in [0, 0.1) is 5.82 Å². The van der Waals surface area contributed by atoms with Crippen molar-refractivity contribution in [3.05, 3.63) is 29.6 Å². The second-order valence-corrected chi connectivity index (χ2v) is 4.93. The topological polar surface area (TPSA) is 41.5 Å². The summed E-state index contributed by atoms with van der Waals surface area (Å²) in [5, 5.41) is 13.1. The van der Waals surface area contributed by atoms with Gasteiger partial charge in [0, 0.05) is 30.3 Å². The van der Waals surface area contributed by atoms with Gasteiger partial charge < -0.3 is 15.2 Å². The first-order chi connectivity index (χ1) is 8.58. The molecule has 3 atom stereocenters. The number of phenols is 1. The summed E-state index contributed by atoms with van der Waals surface area (Å²) in [6.07, 6.45) is 2.40. The van der Waals surface area contributed by atoms with E-state index in [1.165, 1.54) is 6.07 Å². The number of nitrogens with one attached hydrogen (secondary N) is 1. The maximum Gasteiger partial charge on any atom is 0.126 e. The lowest BCUT2D eigenvalue weighted by atomic mass is 10.0. The van der Waals surface area contributed by atoms with Gasteiger partial charge in [-0.1, -0.05) is 6.07 Å². The molecule has 1 heterocycles. The highest BCUT2D eigenvalue weighted by Crippen LogP contribution is 2.26. The van der Waals surface area contributed by atoms with Crippen molar-refractivity contribution in [1.82, 2.24) is 5.32 Å². The summed E-state index contributed by atoms with van der Waals surface area (Å²) in [6.45, 7) is 4.86. The number of hydrogen-bond acceptors (Lipinski definition) is 3. The summed E-state index contributed by atoms with van der Waals surface area (Å²) in [4.78, 5) is 0. The molecule has 3 unspecified atom stereocenters. The summed E-state index contributed by atoms with van der Waals surface area (Å²) < 4.78 is 18.5. The van der Waals surface area contributed by atoms with Gasteiger partial charge in [-0.2, -0.15) is 0 Å². The molecule has 0 radical (unpaired) electrons. The molecule has 18 heavy (non-hydrogen) atoms. The monoisotopic (exact) mass is 253 g/mol. The minimum absolute atomic E-state index is 0.00506. The van der Waals surface area contributed by atoms with Crippen LogP contribution in [0.4, 0.5) is 4.39 Å². The van der Waals surface area contributed by atoms with Crippen molar-refractivity contribution in [2.24, 2.45) is 0 Å². The Labute approximate surface area is 107 Å². The van der Waals surface area contributed by atoms with Crippen molar-refractivity contribution < 1.29 is 14.2 Å². The standard InChI is InChI=1S/C14H20FNO2/c1-9(12-6-5-11(15)8-13(12)17)16-10(2)14-4-3-7-18-14/h5-6,8-10,14,16-17H,3-4,7H2,1-2H3. The Balaban J connectivity index is 2.00. The van der Waals surface area contributed by atoms with Crippen LogP contribution in [0.15, 0.2) is 18.2 Å². The molecule has 0 saturated carbocycles. The summed E-state index contributed by atoms with van der Waals surface area (Å²) in [5.41, 5.74) is 0.709. The second kappa shape index (κ2) is 5.67. The van der Waals surface area contributed by atoms with Crippen LogP contribution < -0.4 is 5.32 Å². The third-order valence-electron chi connectivity index (χ3n) is 3.49. The van der Waals surface area contributed by atoms with Crippen molar-refractivity contribution in [2.45, 2.75) is 44.9 Å². The molecular weight excluding hydrogens is 233 g/mol. The first kappa shape index (κ1) is 13.3. The highest BCUT2D eigenvalue weighted by Gasteiger charge is 2.24. The Hall–Kier alpha value is -1.13. The first-order valence-electron chi connectivity index (χ1n) is 6.44. The number of aromatic hydroxyl groups is 1. The molecule has 1 saturated heterocycles. The predicted molar refractivity (Wildman–Crippen MR) is 68.1 cm³/mol. The zero-order chi connectivity index (χ0) is 13.1. The molecule has 1 aromatic rings. The number of phenolic OH excluding ortho intramolecular Hbond substituents is 1. The molecule has 1 aliphatic rings. The van der Waals surface area contributed by atoms with Crippen LogP contribution in [-0.2, 0) is 4.74 Å². The number of ether oxygens (including phenoxy) is 1. The van der Waals surface area contributed by atoms with Gasteiger partial charge in [0.05, 0.1) is 6.10 Å². The molecular formula is C14H20FNO2. The maximum atomic E-state index is 12.9. The number of halogens is 1. The quantitative estimate of drug-likeness (QED) is 0.867. The average molecular weight is 253 g/mol. The van der Waals surface area contributed by atoms with Crippen LogP contribution in [0.5, 0.6) is 5.75 Å². The SMILES string of the molecule is CC(NC(C)C1CCCO1)c1ccc(F)cc1O. The van der Waals surface area contributed by atoms with Crippen molar-refractivity contribution in [1.29, 1.82) is 0 Å². The minimum Gasteiger partial charge on any atom is -0.508 e. The molecule has 2 rings (SSSR count). The van der Waals surface area contributed by atoms with Crippen LogP contribution in [-0.4, -0.2) is 23.9 Å². The summed E-state index contributed by atoms with van der Waals surface area (Å²) in [6, 6.07) is 4.30. The summed E-state index contributed by atoms with van der Waals surface area (Å²) in [7, 11) is 0. The van der Waals surface area contributed by atoms with Crippen LogP contribution in [0.2, 0.25) is 0 Å². The fourth-order valence-corrected chi connectivity index (χ4v) is 2.47. The first-order valence-corrected chi connectivity index (χ1v) is 6.44. The lowest BCUT2D eigenvalue weighted by molar-refractivity contribution is 0.0803. The highest BCUT2D eigenvalue weighted by atomic mass is 19.1. The van der Waals surface area contributed by atoms with E-state index in [2.05, 4.69) is 12.2 Å². The summed E-state index contributed by atoms with van der Waals surface area (Å²) >= 11 is 0. The fourth-order valence-electron chi connectivity index (χ4n) is 2.47. The van der Waals surface area contributed by atoms with E-state index >= 15 is 0 Å². The predicted octanol–water partition coefficient (Wildman–Crippen LogP) is 2.75. The lowest BCUT2D eigenvalue weighted by Crippen LogP contribution is -2.38. The van der Waals surface area contributed by atoms with Crippen molar-refractivity contribution >= 4 is 0 Å². The Morgan fingerprint density at radius 2 is 2.22 bits per heavy atom. The molecule has 0 aliphatic carbocycles. The number of hydrogen-bond donors (Lipinski definition) is 2. The Kier molecular flexibility index (Phi) is 4.19. The van der Waals surface area contributed by atoms with Crippen LogP contribution >= 0.6 is 0 Å². The van der Waals surface area contributed by atoms with Gasteiger partial charge in [-0.05, 0) is 32.8 Å². The third kappa shape index (κ3) is 3.00. The van der Waals surface area contributed by atoms with Crippen molar-refractivity contribution in [3.8, 4) is 5.75 Å².